The molecule has 2 aliphatic rings. The van der Waals surface area contributed by atoms with Crippen LogP contribution in [-0.2, 0) is 19.4 Å². The lowest BCUT2D eigenvalue weighted by molar-refractivity contribution is -0.142. The van der Waals surface area contributed by atoms with Gasteiger partial charge in [-0.2, -0.15) is 5.26 Å². The zero-order chi connectivity index (χ0) is 25.4. The molecule has 1 atom stereocenters. The minimum absolute atomic E-state index is 0.0821. The van der Waals surface area contributed by atoms with Crippen LogP contribution in [-0.4, -0.2) is 42.7 Å². The van der Waals surface area contributed by atoms with Crippen molar-refractivity contribution in [3.63, 3.8) is 0 Å². The number of benzene rings is 2. The number of rotatable bonds is 4. The lowest BCUT2D eigenvalue weighted by Gasteiger charge is -2.32. The second-order valence-electron chi connectivity index (χ2n) is 8.53. The van der Waals surface area contributed by atoms with Crippen molar-refractivity contribution >= 4 is 44.9 Å². The fourth-order valence-corrected chi connectivity index (χ4v) is 6.31. The van der Waals surface area contributed by atoms with Gasteiger partial charge in [0.05, 0.1) is 23.1 Å². The standard InChI is InChI=1S/C27H19ClN2O5S/c28-19-8-6-17(7-9-19)24-11-10-21(35-24)14-22-25(18-4-2-1-3-5-18)23(15-29)27(32)30(26(22)31)20-12-13-36(33,34)16-20/h1-11,14,20H,12-13,16H2/b22-14+. The summed E-state index contributed by atoms with van der Waals surface area (Å²) >= 11 is 5.97. The predicted octanol–water partition coefficient (Wildman–Crippen LogP) is 4.52. The highest BCUT2D eigenvalue weighted by Crippen LogP contribution is 2.37. The highest BCUT2D eigenvalue weighted by molar-refractivity contribution is 7.91. The summed E-state index contributed by atoms with van der Waals surface area (Å²) in [7, 11) is -3.38. The average Bonchev–Trinajstić information content (AvgIpc) is 3.47. The number of imide groups is 1. The number of hydrogen-bond acceptors (Lipinski definition) is 6. The maximum atomic E-state index is 13.7. The lowest BCUT2D eigenvalue weighted by atomic mass is 9.87. The minimum atomic E-state index is -3.38. The molecule has 0 radical (unpaired) electrons. The van der Waals surface area contributed by atoms with Crippen LogP contribution in [0.1, 0.15) is 17.7 Å². The second kappa shape index (κ2) is 9.26. The van der Waals surface area contributed by atoms with Gasteiger partial charge in [0, 0.05) is 16.2 Å². The maximum Gasteiger partial charge on any atom is 0.272 e. The van der Waals surface area contributed by atoms with Crippen molar-refractivity contribution in [2.24, 2.45) is 0 Å². The molecule has 0 N–H and O–H groups in total. The van der Waals surface area contributed by atoms with Crippen molar-refractivity contribution in [3.05, 3.63) is 94.2 Å². The van der Waals surface area contributed by atoms with Gasteiger partial charge >= 0.3 is 0 Å². The fourth-order valence-electron chi connectivity index (χ4n) is 4.49. The van der Waals surface area contributed by atoms with Crippen molar-refractivity contribution in [3.8, 4) is 17.4 Å². The minimum Gasteiger partial charge on any atom is -0.457 e. The van der Waals surface area contributed by atoms with Crippen LogP contribution in [0.25, 0.3) is 23.0 Å². The number of amides is 2. The Morgan fingerprint density at radius 3 is 2.33 bits per heavy atom. The van der Waals surface area contributed by atoms with Crippen LogP contribution < -0.4 is 0 Å². The molecule has 2 aliphatic heterocycles. The molecule has 7 nitrogen and oxygen atoms in total. The second-order valence-corrected chi connectivity index (χ2v) is 11.2. The van der Waals surface area contributed by atoms with Gasteiger partial charge in [-0.3, -0.25) is 14.5 Å². The van der Waals surface area contributed by atoms with Gasteiger partial charge in [0.1, 0.15) is 23.2 Å². The lowest BCUT2D eigenvalue weighted by Crippen LogP contribution is -2.49. The van der Waals surface area contributed by atoms with Crippen LogP contribution >= 0.6 is 11.6 Å². The first kappa shape index (κ1) is 23.8. The number of furan rings is 1. The topological polar surface area (TPSA) is 108 Å². The molecule has 36 heavy (non-hydrogen) atoms. The van der Waals surface area contributed by atoms with Crippen molar-refractivity contribution in [1.29, 1.82) is 5.26 Å². The Morgan fingerprint density at radius 1 is 0.972 bits per heavy atom. The van der Waals surface area contributed by atoms with Crippen molar-refractivity contribution in [2.45, 2.75) is 12.5 Å². The number of halogens is 1. The normalized spacial score (nSPS) is 20.7. The Hall–Kier alpha value is -3.93. The van der Waals surface area contributed by atoms with Crippen molar-refractivity contribution < 1.29 is 22.4 Å². The highest BCUT2D eigenvalue weighted by atomic mass is 35.5. The number of sulfone groups is 1. The highest BCUT2D eigenvalue weighted by Gasteiger charge is 2.45. The van der Waals surface area contributed by atoms with Gasteiger partial charge in [0.2, 0.25) is 0 Å². The first-order valence-electron chi connectivity index (χ1n) is 11.1. The van der Waals surface area contributed by atoms with E-state index in [2.05, 4.69) is 0 Å². The maximum absolute atomic E-state index is 13.7. The zero-order valence-corrected chi connectivity index (χ0v) is 20.4. The fraction of sp³-hybridized carbons (Fsp3) is 0.148. The van der Waals surface area contributed by atoms with E-state index in [9.17, 15) is 23.3 Å². The summed E-state index contributed by atoms with van der Waals surface area (Å²) in [6, 6.07) is 20.3. The van der Waals surface area contributed by atoms with Gasteiger partial charge in [-0.15, -0.1) is 0 Å². The molecule has 0 aliphatic carbocycles. The monoisotopic (exact) mass is 518 g/mol. The summed E-state index contributed by atoms with van der Waals surface area (Å²) in [4.78, 5) is 28.0. The number of carbonyl (C=O) groups is 2. The van der Waals surface area contributed by atoms with E-state index in [0.29, 0.717) is 22.1 Å². The van der Waals surface area contributed by atoms with Crippen LogP contribution in [0.15, 0.2) is 82.3 Å². The number of hydrogen-bond donors (Lipinski definition) is 0. The molecule has 9 heteroatoms. The summed E-state index contributed by atoms with van der Waals surface area (Å²) in [5, 5.41) is 10.5. The Kier molecular flexibility index (Phi) is 6.12. The summed E-state index contributed by atoms with van der Waals surface area (Å²) in [6.07, 6.45) is 1.62. The molecule has 3 heterocycles. The van der Waals surface area contributed by atoms with E-state index in [1.807, 2.05) is 6.07 Å². The Labute approximate surface area is 212 Å². The molecule has 1 fully saturated rings. The quantitative estimate of drug-likeness (QED) is 0.371. The Morgan fingerprint density at radius 2 is 1.69 bits per heavy atom. The molecule has 0 bridgehead atoms. The van der Waals surface area contributed by atoms with Gasteiger partial charge in [0.25, 0.3) is 11.8 Å². The van der Waals surface area contributed by atoms with E-state index in [1.165, 1.54) is 6.08 Å². The summed E-state index contributed by atoms with van der Waals surface area (Å²) < 4.78 is 30.2. The van der Waals surface area contributed by atoms with Crippen LogP contribution in [0.3, 0.4) is 0 Å². The predicted molar refractivity (Wildman–Crippen MR) is 135 cm³/mol. The largest absolute Gasteiger partial charge is 0.457 e. The molecule has 2 amide bonds. The first-order chi connectivity index (χ1) is 17.3. The molecular weight excluding hydrogens is 500 g/mol. The van der Waals surface area contributed by atoms with Crippen LogP contribution in [0.4, 0.5) is 0 Å². The molecule has 0 saturated carbocycles. The van der Waals surface area contributed by atoms with Crippen LogP contribution in [0.5, 0.6) is 0 Å². The van der Waals surface area contributed by atoms with E-state index >= 15 is 0 Å². The van der Waals surface area contributed by atoms with Gasteiger partial charge in [-0.25, -0.2) is 8.42 Å². The van der Waals surface area contributed by atoms with Crippen LogP contribution in [0, 0.1) is 11.3 Å². The van der Waals surface area contributed by atoms with E-state index < -0.39 is 27.7 Å². The molecule has 3 aromatic rings. The van der Waals surface area contributed by atoms with Gasteiger partial charge in [-0.1, -0.05) is 41.9 Å². The summed E-state index contributed by atoms with van der Waals surface area (Å²) in [5.41, 5.74) is 1.35. The van der Waals surface area contributed by atoms with E-state index in [-0.39, 0.29) is 34.6 Å². The smallest absolute Gasteiger partial charge is 0.272 e. The van der Waals surface area contributed by atoms with E-state index in [4.69, 9.17) is 16.0 Å². The third-order valence-electron chi connectivity index (χ3n) is 6.19. The number of nitriles is 1. The molecule has 2 aromatic carbocycles. The molecule has 1 aromatic heterocycles. The molecule has 0 spiro atoms. The number of carbonyl (C=O) groups excluding carboxylic acids is 2. The molecular formula is C27H19ClN2O5S. The third kappa shape index (κ3) is 4.39. The van der Waals surface area contributed by atoms with E-state index in [0.717, 1.165) is 10.5 Å². The van der Waals surface area contributed by atoms with Crippen molar-refractivity contribution in [2.75, 3.05) is 11.5 Å². The molecule has 5 rings (SSSR count). The molecule has 1 unspecified atom stereocenters. The van der Waals surface area contributed by atoms with Crippen LogP contribution in [0.2, 0.25) is 5.02 Å². The Balaban J connectivity index is 1.65. The van der Waals surface area contributed by atoms with Crippen molar-refractivity contribution in [1.82, 2.24) is 4.90 Å². The third-order valence-corrected chi connectivity index (χ3v) is 8.19. The SMILES string of the molecule is N#CC1=C(c2ccccc2)/C(=C\c2ccc(-c3ccc(Cl)cc3)o2)C(=O)N(C2CCS(=O)(=O)C2)C1=O. The van der Waals surface area contributed by atoms with Gasteiger partial charge in [0.15, 0.2) is 9.84 Å². The van der Waals surface area contributed by atoms with Gasteiger partial charge < -0.3 is 4.42 Å². The van der Waals surface area contributed by atoms with E-state index in [1.54, 1.807) is 66.7 Å². The summed E-state index contributed by atoms with van der Waals surface area (Å²) in [6.45, 7) is 0. The zero-order valence-electron chi connectivity index (χ0n) is 18.8. The summed E-state index contributed by atoms with van der Waals surface area (Å²) in [5.74, 6) is -1.01. The molecule has 180 valence electrons. The number of nitrogens with zero attached hydrogens (tertiary/aromatic N) is 2. The van der Waals surface area contributed by atoms with Gasteiger partial charge in [-0.05, 0) is 54.5 Å². The molecule has 1 saturated heterocycles. The first-order valence-corrected chi connectivity index (χ1v) is 13.3. The Bertz CT molecular complexity index is 1580. The average molecular weight is 519 g/mol.